The van der Waals surface area contributed by atoms with Crippen LogP contribution in [0.3, 0.4) is 0 Å². The molecule has 0 radical (unpaired) electrons. The number of rotatable bonds is 5. The molecule has 6 heteroatoms. The first-order chi connectivity index (χ1) is 7.22. The maximum atomic E-state index is 11.4. The fourth-order valence-corrected chi connectivity index (χ4v) is 1.18. The van der Waals surface area contributed by atoms with Gasteiger partial charge in [-0.25, -0.2) is 0 Å². The van der Waals surface area contributed by atoms with Crippen LogP contribution in [0.4, 0.5) is 0 Å². The van der Waals surface area contributed by atoms with Crippen molar-refractivity contribution in [1.82, 2.24) is 10.3 Å². The van der Waals surface area contributed by atoms with Crippen molar-refractivity contribution in [3.05, 3.63) is 29.6 Å². The molecule has 0 saturated carbocycles. The topological polar surface area (TPSA) is 68.0 Å². The maximum absolute atomic E-state index is 11.4. The summed E-state index contributed by atoms with van der Waals surface area (Å²) in [6, 6.07) is 3.83. The van der Waals surface area contributed by atoms with Crippen LogP contribution in [-0.4, -0.2) is 24.0 Å². The Morgan fingerprint density at radius 2 is 2.12 bits per heavy atom. The molecule has 1 aromatic rings. The number of nitrogens with one attached hydrogen (secondary N) is 1. The van der Waals surface area contributed by atoms with Crippen molar-refractivity contribution >= 4 is 30.7 Å². The van der Waals surface area contributed by atoms with E-state index in [1.807, 2.05) is 19.1 Å². The van der Waals surface area contributed by atoms with E-state index in [1.165, 1.54) is 0 Å². The molecule has 0 aliphatic rings. The molecular formula is C11H19Cl2N3O. The van der Waals surface area contributed by atoms with E-state index in [0.29, 0.717) is 19.5 Å². The molecule has 1 aromatic heterocycles. The molecule has 3 N–H and O–H groups in total. The van der Waals surface area contributed by atoms with Crippen molar-refractivity contribution in [2.75, 3.05) is 13.1 Å². The molecule has 0 aromatic carbocycles. The molecule has 1 heterocycles. The van der Waals surface area contributed by atoms with Crippen molar-refractivity contribution in [1.29, 1.82) is 0 Å². The number of aromatic nitrogens is 1. The van der Waals surface area contributed by atoms with Gasteiger partial charge in [0.15, 0.2) is 0 Å². The summed E-state index contributed by atoms with van der Waals surface area (Å²) in [7, 11) is 0. The standard InChI is InChI=1S/C11H17N3O.2ClH/c1-9-3-4-10(8-14-9)7-11(15)13-6-2-5-12;;/h3-4,8H,2,5-7,12H2,1H3,(H,13,15);2*1H. The van der Waals surface area contributed by atoms with Crippen LogP contribution in [0.2, 0.25) is 0 Å². The van der Waals surface area contributed by atoms with Crippen LogP contribution in [-0.2, 0) is 11.2 Å². The molecular weight excluding hydrogens is 261 g/mol. The van der Waals surface area contributed by atoms with Gasteiger partial charge in [0.1, 0.15) is 0 Å². The first-order valence-electron chi connectivity index (χ1n) is 5.10. The summed E-state index contributed by atoms with van der Waals surface area (Å²) < 4.78 is 0. The Balaban J connectivity index is 0. The summed E-state index contributed by atoms with van der Waals surface area (Å²) in [4.78, 5) is 15.5. The van der Waals surface area contributed by atoms with Crippen molar-refractivity contribution in [3.63, 3.8) is 0 Å². The van der Waals surface area contributed by atoms with E-state index < -0.39 is 0 Å². The Kier molecular flexibility index (Phi) is 11.2. The highest BCUT2D eigenvalue weighted by Gasteiger charge is 2.02. The van der Waals surface area contributed by atoms with Gasteiger partial charge in [-0.3, -0.25) is 9.78 Å². The van der Waals surface area contributed by atoms with E-state index in [4.69, 9.17) is 5.73 Å². The average molecular weight is 280 g/mol. The van der Waals surface area contributed by atoms with E-state index >= 15 is 0 Å². The van der Waals surface area contributed by atoms with Crippen molar-refractivity contribution in [2.24, 2.45) is 5.73 Å². The number of nitrogens with two attached hydrogens (primary N) is 1. The Morgan fingerprint density at radius 3 is 2.65 bits per heavy atom. The highest BCUT2D eigenvalue weighted by atomic mass is 35.5. The number of pyridine rings is 1. The van der Waals surface area contributed by atoms with Gasteiger partial charge < -0.3 is 11.1 Å². The van der Waals surface area contributed by atoms with E-state index in [0.717, 1.165) is 17.7 Å². The minimum absolute atomic E-state index is 0. The molecule has 0 unspecified atom stereocenters. The van der Waals surface area contributed by atoms with Gasteiger partial charge in [0, 0.05) is 18.4 Å². The Labute approximate surface area is 114 Å². The van der Waals surface area contributed by atoms with Crippen LogP contribution in [0, 0.1) is 6.92 Å². The molecule has 0 saturated heterocycles. The van der Waals surface area contributed by atoms with Crippen molar-refractivity contribution in [2.45, 2.75) is 19.8 Å². The van der Waals surface area contributed by atoms with E-state index in [1.54, 1.807) is 6.20 Å². The first-order valence-corrected chi connectivity index (χ1v) is 5.10. The number of hydrogen-bond acceptors (Lipinski definition) is 3. The summed E-state index contributed by atoms with van der Waals surface area (Å²) in [6.45, 7) is 3.17. The van der Waals surface area contributed by atoms with Gasteiger partial charge in [-0.05, 0) is 31.5 Å². The molecule has 17 heavy (non-hydrogen) atoms. The number of amides is 1. The third kappa shape index (κ3) is 7.96. The lowest BCUT2D eigenvalue weighted by Gasteiger charge is -2.04. The Bertz CT molecular complexity index is 317. The smallest absolute Gasteiger partial charge is 0.224 e. The SMILES string of the molecule is Cc1ccc(CC(=O)NCCCN)cn1.Cl.Cl. The molecule has 0 bridgehead atoms. The number of halogens is 2. The highest BCUT2D eigenvalue weighted by Crippen LogP contribution is 1.99. The van der Waals surface area contributed by atoms with Gasteiger partial charge in [-0.1, -0.05) is 6.07 Å². The molecule has 1 amide bonds. The van der Waals surface area contributed by atoms with E-state index in [9.17, 15) is 4.79 Å². The summed E-state index contributed by atoms with van der Waals surface area (Å²) in [6.07, 6.45) is 2.94. The second kappa shape index (κ2) is 10.3. The lowest BCUT2D eigenvalue weighted by molar-refractivity contribution is -0.120. The average Bonchev–Trinajstić information content (AvgIpc) is 2.22. The van der Waals surface area contributed by atoms with Crippen LogP contribution in [0.15, 0.2) is 18.3 Å². The fourth-order valence-electron chi connectivity index (χ4n) is 1.18. The van der Waals surface area contributed by atoms with E-state index in [-0.39, 0.29) is 30.7 Å². The minimum atomic E-state index is 0. The molecule has 4 nitrogen and oxygen atoms in total. The number of nitrogens with zero attached hydrogens (tertiary/aromatic N) is 1. The molecule has 0 atom stereocenters. The molecule has 0 aliphatic heterocycles. The zero-order valence-electron chi connectivity index (χ0n) is 9.81. The molecule has 98 valence electrons. The van der Waals surface area contributed by atoms with Gasteiger partial charge >= 0.3 is 0 Å². The third-order valence-corrected chi connectivity index (χ3v) is 2.04. The van der Waals surface area contributed by atoms with Gasteiger partial charge in [-0.2, -0.15) is 0 Å². The Morgan fingerprint density at radius 1 is 1.41 bits per heavy atom. The predicted octanol–water partition coefficient (Wildman–Crippen LogP) is 1.24. The summed E-state index contributed by atoms with van der Waals surface area (Å²) in [5.74, 6) is 0.0223. The fraction of sp³-hybridized carbons (Fsp3) is 0.455. The summed E-state index contributed by atoms with van der Waals surface area (Å²) in [5.41, 5.74) is 7.22. The normalized spacial score (nSPS) is 8.82. The second-order valence-electron chi connectivity index (χ2n) is 3.48. The van der Waals surface area contributed by atoms with Gasteiger partial charge in [0.2, 0.25) is 5.91 Å². The maximum Gasteiger partial charge on any atom is 0.224 e. The molecule has 0 fully saturated rings. The number of hydrogen-bond donors (Lipinski definition) is 2. The summed E-state index contributed by atoms with van der Waals surface area (Å²) in [5, 5.41) is 2.80. The van der Waals surface area contributed by atoms with Crippen molar-refractivity contribution in [3.8, 4) is 0 Å². The zero-order valence-corrected chi connectivity index (χ0v) is 11.4. The highest BCUT2D eigenvalue weighted by molar-refractivity contribution is 5.85. The van der Waals surface area contributed by atoms with Crippen LogP contribution in [0.5, 0.6) is 0 Å². The quantitative estimate of drug-likeness (QED) is 0.797. The second-order valence-corrected chi connectivity index (χ2v) is 3.48. The Hall–Kier alpha value is -0.840. The van der Waals surface area contributed by atoms with Crippen LogP contribution >= 0.6 is 24.8 Å². The molecule has 0 aliphatic carbocycles. The zero-order chi connectivity index (χ0) is 11.1. The molecule has 1 rings (SSSR count). The lowest BCUT2D eigenvalue weighted by atomic mass is 10.2. The first kappa shape index (κ1) is 18.5. The van der Waals surface area contributed by atoms with Gasteiger partial charge in [0.05, 0.1) is 6.42 Å². The number of carbonyl (C=O) groups excluding carboxylic acids is 1. The third-order valence-electron chi connectivity index (χ3n) is 2.04. The van der Waals surface area contributed by atoms with Crippen molar-refractivity contribution < 1.29 is 4.79 Å². The van der Waals surface area contributed by atoms with Crippen LogP contribution < -0.4 is 11.1 Å². The van der Waals surface area contributed by atoms with Crippen LogP contribution in [0.25, 0.3) is 0 Å². The largest absolute Gasteiger partial charge is 0.356 e. The predicted molar refractivity (Wildman–Crippen MR) is 73.9 cm³/mol. The number of carbonyl (C=O) groups is 1. The molecule has 0 spiro atoms. The number of aryl methyl sites for hydroxylation is 1. The lowest BCUT2D eigenvalue weighted by Crippen LogP contribution is -2.27. The van der Waals surface area contributed by atoms with Gasteiger partial charge in [-0.15, -0.1) is 24.8 Å². The summed E-state index contributed by atoms with van der Waals surface area (Å²) >= 11 is 0. The van der Waals surface area contributed by atoms with Gasteiger partial charge in [0.25, 0.3) is 0 Å². The van der Waals surface area contributed by atoms with E-state index in [2.05, 4.69) is 10.3 Å². The van der Waals surface area contributed by atoms with Crippen LogP contribution in [0.1, 0.15) is 17.7 Å². The minimum Gasteiger partial charge on any atom is -0.356 e. The monoisotopic (exact) mass is 279 g/mol.